The van der Waals surface area contributed by atoms with E-state index in [2.05, 4.69) is 11.3 Å². The van der Waals surface area contributed by atoms with Gasteiger partial charge in [0.05, 0.1) is 12.2 Å². The molecular weight excluding hydrogens is 219 g/mol. The Balaban J connectivity index is 0. The van der Waals surface area contributed by atoms with Crippen LogP contribution in [0.5, 0.6) is 0 Å². The minimum atomic E-state index is -4.37. The molecule has 0 aromatic heterocycles. The molecular formula is C9H15F5O. The Kier molecular flexibility index (Phi) is 7.35. The summed E-state index contributed by atoms with van der Waals surface area (Å²) in [6, 6.07) is 0. The molecule has 0 radical (unpaired) electrons. The summed E-state index contributed by atoms with van der Waals surface area (Å²) in [7, 11) is 0. The molecule has 15 heavy (non-hydrogen) atoms. The predicted molar refractivity (Wildman–Crippen MR) is 47.7 cm³/mol. The molecule has 0 saturated carbocycles. The highest BCUT2D eigenvalue weighted by molar-refractivity contribution is 4.58. The van der Waals surface area contributed by atoms with Crippen LogP contribution in [-0.4, -0.2) is 18.7 Å². The lowest BCUT2D eigenvalue weighted by atomic mass is 10.2. The molecule has 1 unspecified atom stereocenters. The van der Waals surface area contributed by atoms with Gasteiger partial charge in [0.15, 0.2) is 0 Å². The molecule has 6 heteroatoms. The van der Waals surface area contributed by atoms with Gasteiger partial charge < -0.3 is 4.74 Å². The fourth-order valence-electron chi connectivity index (χ4n) is 0.286. The standard InChI is InChI=1S/C5H9FO.C4H6F4/c1-4-7-5(2,3)6;1-3(2-5)4(6,7)8/h4H,1H2,2-3H3;3H,2H2,1H3. The second-order valence-corrected chi connectivity index (χ2v) is 3.24. The van der Waals surface area contributed by atoms with Crippen molar-refractivity contribution in [2.75, 3.05) is 6.67 Å². The van der Waals surface area contributed by atoms with Crippen molar-refractivity contribution in [2.45, 2.75) is 32.8 Å². The van der Waals surface area contributed by atoms with Crippen molar-refractivity contribution >= 4 is 0 Å². The number of rotatable bonds is 3. The van der Waals surface area contributed by atoms with Crippen LogP contribution < -0.4 is 0 Å². The minimum Gasteiger partial charge on any atom is -0.467 e. The molecule has 0 fully saturated rings. The molecule has 0 saturated heterocycles. The molecule has 0 heterocycles. The predicted octanol–water partition coefficient (Wildman–Crippen LogP) is 4.01. The highest BCUT2D eigenvalue weighted by Crippen LogP contribution is 2.25. The second-order valence-electron chi connectivity index (χ2n) is 3.24. The quantitative estimate of drug-likeness (QED) is 0.529. The zero-order valence-corrected chi connectivity index (χ0v) is 8.87. The Labute approximate surface area is 85.9 Å². The highest BCUT2D eigenvalue weighted by Gasteiger charge is 2.35. The van der Waals surface area contributed by atoms with Crippen LogP contribution in [0.15, 0.2) is 12.8 Å². The first-order valence-electron chi connectivity index (χ1n) is 4.15. The van der Waals surface area contributed by atoms with Gasteiger partial charge in [-0.3, -0.25) is 4.39 Å². The van der Waals surface area contributed by atoms with E-state index in [1.54, 1.807) is 0 Å². The number of ether oxygens (including phenoxy) is 1. The molecule has 1 nitrogen and oxygen atoms in total. The number of hydrogen-bond acceptors (Lipinski definition) is 1. The summed E-state index contributed by atoms with van der Waals surface area (Å²) in [4.78, 5) is 0. The molecule has 0 rings (SSSR count). The Morgan fingerprint density at radius 2 is 1.67 bits per heavy atom. The largest absolute Gasteiger partial charge is 0.467 e. The van der Waals surface area contributed by atoms with Crippen molar-refractivity contribution in [3.8, 4) is 0 Å². The Morgan fingerprint density at radius 3 is 1.67 bits per heavy atom. The topological polar surface area (TPSA) is 9.23 Å². The summed E-state index contributed by atoms with van der Waals surface area (Å²) in [5, 5.41) is 0. The van der Waals surface area contributed by atoms with Crippen LogP contribution in [-0.2, 0) is 4.74 Å². The summed E-state index contributed by atoms with van der Waals surface area (Å²) >= 11 is 0. The molecule has 92 valence electrons. The van der Waals surface area contributed by atoms with Crippen molar-refractivity contribution in [2.24, 2.45) is 5.92 Å². The molecule has 0 bridgehead atoms. The SMILES string of the molecule is C=COC(C)(C)F.CC(CF)C(F)(F)F. The maximum absolute atomic E-state index is 12.1. The molecule has 0 aromatic rings. The third-order valence-electron chi connectivity index (χ3n) is 1.15. The molecule has 0 spiro atoms. The number of halogens is 5. The molecule has 0 aliphatic rings. The zero-order valence-electron chi connectivity index (χ0n) is 8.87. The van der Waals surface area contributed by atoms with Crippen LogP contribution in [0.3, 0.4) is 0 Å². The van der Waals surface area contributed by atoms with Crippen LogP contribution in [0, 0.1) is 5.92 Å². The molecule has 0 aliphatic carbocycles. The fraction of sp³-hybridized carbons (Fsp3) is 0.778. The fourth-order valence-corrected chi connectivity index (χ4v) is 0.286. The summed E-state index contributed by atoms with van der Waals surface area (Å²) < 4.78 is 61.2. The third-order valence-corrected chi connectivity index (χ3v) is 1.15. The zero-order chi connectivity index (χ0) is 12.7. The first-order chi connectivity index (χ1) is 6.54. The maximum Gasteiger partial charge on any atom is 0.394 e. The van der Waals surface area contributed by atoms with Crippen molar-refractivity contribution < 1.29 is 26.7 Å². The Hall–Kier alpha value is -0.810. The molecule has 0 amide bonds. The molecule has 0 aromatic carbocycles. The van der Waals surface area contributed by atoms with E-state index in [0.717, 1.165) is 13.2 Å². The van der Waals surface area contributed by atoms with E-state index in [-0.39, 0.29) is 0 Å². The van der Waals surface area contributed by atoms with Crippen molar-refractivity contribution in [1.29, 1.82) is 0 Å². The van der Waals surface area contributed by atoms with Gasteiger partial charge in [0.2, 0.25) is 5.85 Å². The Bertz CT molecular complexity index is 170. The Morgan fingerprint density at radius 1 is 1.27 bits per heavy atom. The summed E-state index contributed by atoms with van der Waals surface area (Å²) in [5.74, 6) is -3.38. The maximum atomic E-state index is 12.1. The lowest BCUT2D eigenvalue weighted by Crippen LogP contribution is -2.21. The van der Waals surface area contributed by atoms with E-state index in [1.165, 1.54) is 13.8 Å². The van der Waals surface area contributed by atoms with Crippen molar-refractivity contribution in [1.82, 2.24) is 0 Å². The van der Waals surface area contributed by atoms with Gasteiger partial charge in [-0.25, -0.2) is 0 Å². The summed E-state index contributed by atoms with van der Waals surface area (Å²) in [6.45, 7) is 5.29. The van der Waals surface area contributed by atoms with Crippen LogP contribution in [0.1, 0.15) is 20.8 Å². The van der Waals surface area contributed by atoms with Crippen molar-refractivity contribution in [3.05, 3.63) is 12.8 Å². The van der Waals surface area contributed by atoms with E-state index in [9.17, 15) is 22.0 Å². The first kappa shape index (κ1) is 16.6. The van der Waals surface area contributed by atoms with E-state index >= 15 is 0 Å². The number of hydrogen-bond donors (Lipinski definition) is 0. The van der Waals surface area contributed by atoms with E-state index in [0.29, 0.717) is 0 Å². The lowest BCUT2D eigenvalue weighted by molar-refractivity contribution is -0.172. The smallest absolute Gasteiger partial charge is 0.394 e. The van der Waals surface area contributed by atoms with Gasteiger partial charge in [0.25, 0.3) is 0 Å². The van der Waals surface area contributed by atoms with Gasteiger partial charge in [0.1, 0.15) is 6.67 Å². The van der Waals surface area contributed by atoms with E-state index in [1.807, 2.05) is 0 Å². The highest BCUT2D eigenvalue weighted by atomic mass is 19.4. The van der Waals surface area contributed by atoms with Gasteiger partial charge in [-0.1, -0.05) is 13.5 Å². The summed E-state index contributed by atoms with van der Waals surface area (Å²) in [5.41, 5.74) is 0. The van der Waals surface area contributed by atoms with Crippen molar-refractivity contribution in [3.63, 3.8) is 0 Å². The van der Waals surface area contributed by atoms with Gasteiger partial charge >= 0.3 is 6.18 Å². The van der Waals surface area contributed by atoms with Crippen LogP contribution >= 0.6 is 0 Å². The third kappa shape index (κ3) is 13.2. The van der Waals surface area contributed by atoms with Gasteiger partial charge in [-0.2, -0.15) is 17.6 Å². The van der Waals surface area contributed by atoms with Crippen LogP contribution in [0.2, 0.25) is 0 Å². The molecule has 0 aliphatic heterocycles. The minimum absolute atomic E-state index is 0.806. The molecule has 1 atom stereocenters. The average Bonchev–Trinajstić information content (AvgIpc) is 2.00. The van der Waals surface area contributed by atoms with Crippen LogP contribution in [0.4, 0.5) is 22.0 Å². The average molecular weight is 234 g/mol. The normalized spacial score (nSPS) is 13.6. The van der Waals surface area contributed by atoms with Gasteiger partial charge in [0, 0.05) is 13.8 Å². The first-order valence-corrected chi connectivity index (χ1v) is 4.15. The summed E-state index contributed by atoms with van der Waals surface area (Å²) in [6.07, 6.45) is -3.28. The van der Waals surface area contributed by atoms with E-state index in [4.69, 9.17) is 0 Å². The lowest BCUT2D eigenvalue weighted by Gasteiger charge is -2.11. The number of alkyl halides is 5. The molecule has 0 N–H and O–H groups in total. The van der Waals surface area contributed by atoms with Crippen LogP contribution in [0.25, 0.3) is 0 Å². The van der Waals surface area contributed by atoms with E-state index < -0.39 is 24.6 Å². The van der Waals surface area contributed by atoms with Gasteiger partial charge in [-0.15, -0.1) is 0 Å². The monoisotopic (exact) mass is 234 g/mol. The second kappa shape index (κ2) is 6.63. The van der Waals surface area contributed by atoms with Gasteiger partial charge in [-0.05, 0) is 0 Å².